The van der Waals surface area contributed by atoms with E-state index in [1.807, 2.05) is 0 Å². The van der Waals surface area contributed by atoms with Gasteiger partial charge in [-0.2, -0.15) is 0 Å². The predicted molar refractivity (Wildman–Crippen MR) is 70.8 cm³/mol. The topological polar surface area (TPSA) is 66.4 Å². The summed E-state index contributed by atoms with van der Waals surface area (Å²) in [6, 6.07) is 4.92. The minimum Gasteiger partial charge on any atom is -0.481 e. The van der Waals surface area contributed by atoms with Crippen LogP contribution in [0.4, 0.5) is 0 Å². The standard InChI is InChI=1S/C12H11Cl2NO3/c13-9-3-1-8(10(14)7-9)2-4-11(16)15-6-5-12(17)18/h1-4,7H,5-6H2,(H,15,16)(H,17,18). The van der Waals surface area contributed by atoms with E-state index in [9.17, 15) is 9.59 Å². The fourth-order valence-corrected chi connectivity index (χ4v) is 1.63. The molecular weight excluding hydrogens is 277 g/mol. The van der Waals surface area contributed by atoms with Gasteiger partial charge in [-0.3, -0.25) is 9.59 Å². The Bertz CT molecular complexity index is 486. The van der Waals surface area contributed by atoms with Crippen LogP contribution >= 0.6 is 23.2 Å². The fourth-order valence-electron chi connectivity index (χ4n) is 1.15. The average Bonchev–Trinajstić information content (AvgIpc) is 2.27. The minimum absolute atomic E-state index is 0.0901. The molecule has 2 N–H and O–H groups in total. The molecule has 1 rings (SSSR count). The second kappa shape index (κ2) is 7.03. The molecule has 96 valence electrons. The molecule has 1 aromatic rings. The molecule has 0 bridgehead atoms. The van der Waals surface area contributed by atoms with Gasteiger partial charge in [-0.05, 0) is 23.8 Å². The van der Waals surface area contributed by atoms with Gasteiger partial charge in [0.2, 0.25) is 5.91 Å². The lowest BCUT2D eigenvalue weighted by molar-refractivity contribution is -0.136. The zero-order chi connectivity index (χ0) is 13.5. The summed E-state index contributed by atoms with van der Waals surface area (Å²) >= 11 is 11.6. The van der Waals surface area contributed by atoms with E-state index in [4.69, 9.17) is 28.3 Å². The van der Waals surface area contributed by atoms with Crippen molar-refractivity contribution in [3.8, 4) is 0 Å². The minimum atomic E-state index is -0.958. The summed E-state index contributed by atoms with van der Waals surface area (Å²) in [7, 11) is 0. The monoisotopic (exact) mass is 287 g/mol. The lowest BCUT2D eigenvalue weighted by Gasteiger charge is -2.00. The maximum atomic E-state index is 11.3. The molecule has 0 atom stereocenters. The van der Waals surface area contributed by atoms with Crippen molar-refractivity contribution in [2.45, 2.75) is 6.42 Å². The first-order chi connectivity index (χ1) is 8.49. The van der Waals surface area contributed by atoms with Crippen LogP contribution < -0.4 is 5.32 Å². The van der Waals surface area contributed by atoms with Gasteiger partial charge in [0.25, 0.3) is 0 Å². The molecule has 1 aromatic carbocycles. The average molecular weight is 288 g/mol. The first-order valence-corrected chi connectivity index (χ1v) is 5.87. The molecule has 0 heterocycles. The van der Waals surface area contributed by atoms with Crippen molar-refractivity contribution in [2.75, 3.05) is 6.54 Å². The molecule has 0 radical (unpaired) electrons. The number of carbonyl (C=O) groups is 2. The first-order valence-electron chi connectivity index (χ1n) is 5.12. The molecule has 0 aliphatic rings. The maximum absolute atomic E-state index is 11.3. The van der Waals surface area contributed by atoms with Gasteiger partial charge >= 0.3 is 5.97 Å². The van der Waals surface area contributed by atoms with Crippen LogP contribution in [0, 0.1) is 0 Å². The molecule has 0 aliphatic carbocycles. The molecule has 0 fully saturated rings. The quantitative estimate of drug-likeness (QED) is 0.818. The van der Waals surface area contributed by atoms with Gasteiger partial charge in [0, 0.05) is 22.7 Å². The normalized spacial score (nSPS) is 10.6. The predicted octanol–water partition coefficient (Wildman–Crippen LogP) is 2.60. The van der Waals surface area contributed by atoms with Gasteiger partial charge in [-0.25, -0.2) is 0 Å². The van der Waals surface area contributed by atoms with Crippen molar-refractivity contribution in [3.05, 3.63) is 39.9 Å². The number of carboxylic acid groups (broad SMARTS) is 1. The van der Waals surface area contributed by atoms with Gasteiger partial charge in [0.05, 0.1) is 6.42 Å². The lowest BCUT2D eigenvalue weighted by Crippen LogP contribution is -2.23. The summed E-state index contributed by atoms with van der Waals surface area (Å²) < 4.78 is 0. The van der Waals surface area contributed by atoms with E-state index in [2.05, 4.69) is 5.32 Å². The van der Waals surface area contributed by atoms with Crippen molar-refractivity contribution in [1.82, 2.24) is 5.32 Å². The first kappa shape index (κ1) is 14.5. The number of carboxylic acids is 1. The zero-order valence-electron chi connectivity index (χ0n) is 9.32. The van der Waals surface area contributed by atoms with Crippen LogP contribution in [0.25, 0.3) is 6.08 Å². The number of nitrogens with one attached hydrogen (secondary N) is 1. The smallest absolute Gasteiger partial charge is 0.305 e. The Morgan fingerprint density at radius 2 is 2.06 bits per heavy atom. The molecule has 6 heteroatoms. The third kappa shape index (κ3) is 5.21. The van der Waals surface area contributed by atoms with Crippen molar-refractivity contribution in [2.24, 2.45) is 0 Å². The maximum Gasteiger partial charge on any atom is 0.305 e. The van der Waals surface area contributed by atoms with E-state index >= 15 is 0 Å². The molecule has 0 saturated carbocycles. The van der Waals surface area contributed by atoms with Crippen LogP contribution in [0.3, 0.4) is 0 Å². The van der Waals surface area contributed by atoms with Crippen LogP contribution in [0.2, 0.25) is 10.0 Å². The second-order valence-corrected chi connectivity index (χ2v) is 4.28. The number of hydrogen-bond donors (Lipinski definition) is 2. The Morgan fingerprint density at radius 3 is 2.67 bits per heavy atom. The Kier molecular flexibility index (Phi) is 5.68. The van der Waals surface area contributed by atoms with Crippen LogP contribution in [0.5, 0.6) is 0 Å². The molecule has 0 aromatic heterocycles. The molecule has 0 unspecified atom stereocenters. The molecule has 0 saturated heterocycles. The number of aliphatic carboxylic acids is 1. The molecular formula is C12H11Cl2NO3. The summed E-state index contributed by atoms with van der Waals surface area (Å²) in [4.78, 5) is 21.6. The number of halogens is 2. The fraction of sp³-hybridized carbons (Fsp3) is 0.167. The van der Waals surface area contributed by atoms with E-state index in [1.165, 1.54) is 12.2 Å². The van der Waals surface area contributed by atoms with E-state index < -0.39 is 5.97 Å². The summed E-state index contributed by atoms with van der Waals surface area (Å²) in [5.74, 6) is -1.33. The number of amides is 1. The number of benzene rings is 1. The third-order valence-electron chi connectivity index (χ3n) is 2.01. The van der Waals surface area contributed by atoms with Crippen molar-refractivity contribution in [1.29, 1.82) is 0 Å². The van der Waals surface area contributed by atoms with E-state index in [0.717, 1.165) is 0 Å². The van der Waals surface area contributed by atoms with Crippen LogP contribution in [-0.2, 0) is 9.59 Å². The van der Waals surface area contributed by atoms with E-state index in [0.29, 0.717) is 15.6 Å². The largest absolute Gasteiger partial charge is 0.481 e. The Morgan fingerprint density at radius 1 is 1.33 bits per heavy atom. The highest BCUT2D eigenvalue weighted by Gasteiger charge is 2.00. The number of carbonyl (C=O) groups excluding carboxylic acids is 1. The molecule has 4 nitrogen and oxygen atoms in total. The summed E-state index contributed by atoms with van der Waals surface area (Å²) in [5.41, 5.74) is 0.662. The highest BCUT2D eigenvalue weighted by atomic mass is 35.5. The highest BCUT2D eigenvalue weighted by molar-refractivity contribution is 6.35. The van der Waals surface area contributed by atoms with Crippen LogP contribution in [-0.4, -0.2) is 23.5 Å². The van der Waals surface area contributed by atoms with Crippen molar-refractivity contribution < 1.29 is 14.7 Å². The molecule has 1 amide bonds. The number of hydrogen-bond acceptors (Lipinski definition) is 2. The third-order valence-corrected chi connectivity index (χ3v) is 2.58. The van der Waals surface area contributed by atoms with E-state index in [1.54, 1.807) is 18.2 Å². The highest BCUT2D eigenvalue weighted by Crippen LogP contribution is 2.21. The Labute approximate surface area is 114 Å². The molecule has 0 aliphatic heterocycles. The van der Waals surface area contributed by atoms with Gasteiger partial charge < -0.3 is 10.4 Å². The number of rotatable bonds is 5. The molecule has 18 heavy (non-hydrogen) atoms. The van der Waals surface area contributed by atoms with E-state index in [-0.39, 0.29) is 18.9 Å². The Hall–Kier alpha value is -1.52. The molecule has 0 spiro atoms. The Balaban J connectivity index is 2.53. The van der Waals surface area contributed by atoms with Gasteiger partial charge in [-0.15, -0.1) is 0 Å². The summed E-state index contributed by atoms with van der Waals surface area (Å²) in [6.45, 7) is 0.0901. The van der Waals surface area contributed by atoms with Crippen LogP contribution in [0.1, 0.15) is 12.0 Å². The summed E-state index contributed by atoms with van der Waals surface area (Å²) in [5, 5.41) is 11.8. The van der Waals surface area contributed by atoms with Crippen LogP contribution in [0.15, 0.2) is 24.3 Å². The van der Waals surface area contributed by atoms with Gasteiger partial charge in [0.15, 0.2) is 0 Å². The SMILES string of the molecule is O=C(O)CCNC(=O)C=Cc1ccc(Cl)cc1Cl. The lowest BCUT2D eigenvalue weighted by atomic mass is 10.2. The summed E-state index contributed by atoms with van der Waals surface area (Å²) in [6.07, 6.45) is 2.72. The zero-order valence-corrected chi connectivity index (χ0v) is 10.8. The van der Waals surface area contributed by atoms with Crippen molar-refractivity contribution in [3.63, 3.8) is 0 Å². The van der Waals surface area contributed by atoms with Gasteiger partial charge in [-0.1, -0.05) is 29.3 Å². The second-order valence-electron chi connectivity index (χ2n) is 3.43. The van der Waals surface area contributed by atoms with Gasteiger partial charge in [0.1, 0.15) is 0 Å². The van der Waals surface area contributed by atoms with Crippen molar-refractivity contribution >= 4 is 41.2 Å².